The van der Waals surface area contributed by atoms with Crippen molar-refractivity contribution in [1.82, 2.24) is 9.97 Å². The van der Waals surface area contributed by atoms with Gasteiger partial charge in [0.25, 0.3) is 5.91 Å². The number of hydrogen-bond acceptors (Lipinski definition) is 7. The minimum Gasteiger partial charge on any atom is -0.368 e. The predicted molar refractivity (Wildman–Crippen MR) is 106 cm³/mol. The number of sulfone groups is 1. The molecule has 0 saturated carbocycles. The van der Waals surface area contributed by atoms with E-state index in [-0.39, 0.29) is 16.4 Å². The van der Waals surface area contributed by atoms with E-state index in [2.05, 4.69) is 27.5 Å². The highest BCUT2D eigenvalue weighted by atomic mass is 32.2. The molecule has 2 rings (SSSR count). The zero-order chi connectivity index (χ0) is 20.0. The van der Waals surface area contributed by atoms with Gasteiger partial charge >= 0.3 is 0 Å². The summed E-state index contributed by atoms with van der Waals surface area (Å²) in [5.41, 5.74) is 6.60. The number of nitrogens with two attached hydrogens (primary N) is 1. The van der Waals surface area contributed by atoms with Crippen molar-refractivity contribution < 1.29 is 13.2 Å². The van der Waals surface area contributed by atoms with Gasteiger partial charge in [-0.25, -0.2) is 18.4 Å². The zero-order valence-corrected chi connectivity index (χ0v) is 16.6. The third-order valence-electron chi connectivity index (χ3n) is 3.88. The second-order valence-electron chi connectivity index (χ2n) is 6.14. The first-order valence-electron chi connectivity index (χ1n) is 8.78. The van der Waals surface area contributed by atoms with Gasteiger partial charge in [0, 0.05) is 18.5 Å². The Labute approximate surface area is 159 Å². The molecule has 1 heterocycles. The van der Waals surface area contributed by atoms with Crippen molar-refractivity contribution in [1.29, 1.82) is 0 Å². The van der Waals surface area contributed by atoms with E-state index >= 15 is 0 Å². The monoisotopic (exact) mass is 391 g/mol. The topological polar surface area (TPSA) is 127 Å². The molecular formula is C18H25N5O3S. The smallest absolute Gasteiger partial charge is 0.271 e. The number of aryl methyl sites for hydroxylation is 1. The Morgan fingerprint density at radius 2 is 1.93 bits per heavy atom. The molecule has 0 bridgehead atoms. The molecule has 0 radical (unpaired) electrons. The van der Waals surface area contributed by atoms with Crippen molar-refractivity contribution in [3.8, 4) is 0 Å². The lowest BCUT2D eigenvalue weighted by Crippen LogP contribution is -2.19. The van der Waals surface area contributed by atoms with E-state index in [0.29, 0.717) is 23.6 Å². The Balaban J connectivity index is 2.44. The SMILES string of the molecule is CCCCNc1nc(Nc2cccc(S(C)(=O)=O)c2)c(C(N)=O)nc1CC. The van der Waals surface area contributed by atoms with Crippen LogP contribution in [0.15, 0.2) is 29.2 Å². The molecule has 4 N–H and O–H groups in total. The number of amides is 1. The number of nitrogens with one attached hydrogen (secondary N) is 2. The summed E-state index contributed by atoms with van der Waals surface area (Å²) in [6, 6.07) is 6.26. The van der Waals surface area contributed by atoms with Crippen LogP contribution in [0.1, 0.15) is 42.9 Å². The summed E-state index contributed by atoms with van der Waals surface area (Å²) < 4.78 is 23.5. The number of benzene rings is 1. The number of hydrogen-bond donors (Lipinski definition) is 3. The number of primary amides is 1. The lowest BCUT2D eigenvalue weighted by Gasteiger charge is -2.15. The number of carbonyl (C=O) groups excluding carboxylic acids is 1. The van der Waals surface area contributed by atoms with Gasteiger partial charge in [0.2, 0.25) is 0 Å². The van der Waals surface area contributed by atoms with Gasteiger partial charge in [-0.1, -0.05) is 26.3 Å². The van der Waals surface area contributed by atoms with Crippen LogP contribution in [0.25, 0.3) is 0 Å². The normalized spacial score (nSPS) is 11.2. The summed E-state index contributed by atoms with van der Waals surface area (Å²) in [5.74, 6) is 0.0566. The maximum atomic E-state index is 11.8. The van der Waals surface area contributed by atoms with Crippen molar-refractivity contribution in [3.63, 3.8) is 0 Å². The highest BCUT2D eigenvalue weighted by Gasteiger charge is 2.17. The van der Waals surface area contributed by atoms with Crippen molar-refractivity contribution in [3.05, 3.63) is 35.7 Å². The second kappa shape index (κ2) is 8.81. The van der Waals surface area contributed by atoms with E-state index in [0.717, 1.165) is 25.6 Å². The van der Waals surface area contributed by atoms with Gasteiger partial charge in [-0.05, 0) is 31.0 Å². The fraction of sp³-hybridized carbons (Fsp3) is 0.389. The molecule has 0 atom stereocenters. The average Bonchev–Trinajstić information content (AvgIpc) is 2.61. The van der Waals surface area contributed by atoms with Gasteiger partial charge in [-0.2, -0.15) is 0 Å². The zero-order valence-electron chi connectivity index (χ0n) is 15.7. The van der Waals surface area contributed by atoms with E-state index in [4.69, 9.17) is 5.73 Å². The molecule has 0 spiro atoms. The van der Waals surface area contributed by atoms with Crippen LogP contribution in [0.4, 0.5) is 17.3 Å². The summed E-state index contributed by atoms with van der Waals surface area (Å²) in [5, 5.41) is 6.20. The Hall–Kier alpha value is -2.68. The summed E-state index contributed by atoms with van der Waals surface area (Å²) >= 11 is 0. The van der Waals surface area contributed by atoms with E-state index in [9.17, 15) is 13.2 Å². The van der Waals surface area contributed by atoms with E-state index < -0.39 is 15.7 Å². The van der Waals surface area contributed by atoms with Crippen LogP contribution < -0.4 is 16.4 Å². The first-order chi connectivity index (χ1) is 12.8. The Bertz CT molecular complexity index is 929. The molecular weight excluding hydrogens is 366 g/mol. The lowest BCUT2D eigenvalue weighted by molar-refractivity contribution is 0.0996. The largest absolute Gasteiger partial charge is 0.368 e. The Morgan fingerprint density at radius 1 is 1.19 bits per heavy atom. The minimum absolute atomic E-state index is 0.0117. The fourth-order valence-electron chi connectivity index (χ4n) is 2.44. The van der Waals surface area contributed by atoms with Crippen molar-refractivity contribution in [2.45, 2.75) is 38.0 Å². The minimum atomic E-state index is -3.36. The van der Waals surface area contributed by atoms with Gasteiger partial charge in [-0.3, -0.25) is 4.79 Å². The fourth-order valence-corrected chi connectivity index (χ4v) is 3.11. The van der Waals surface area contributed by atoms with Crippen molar-refractivity contribution in [2.75, 3.05) is 23.4 Å². The number of carbonyl (C=O) groups is 1. The van der Waals surface area contributed by atoms with Crippen LogP contribution in [-0.4, -0.2) is 37.1 Å². The quantitative estimate of drug-likeness (QED) is 0.560. The molecule has 8 nitrogen and oxygen atoms in total. The van der Waals surface area contributed by atoms with Gasteiger partial charge in [-0.15, -0.1) is 0 Å². The standard InChI is InChI=1S/C18H25N5O3S/c1-4-6-10-20-17-14(5-2)22-15(16(19)24)18(23-17)21-12-8-7-9-13(11-12)27(3,25)26/h7-9,11H,4-6,10H2,1-3H3,(H2,19,24)(H2,20,21,23). The average molecular weight is 391 g/mol. The van der Waals surface area contributed by atoms with E-state index in [1.165, 1.54) is 12.1 Å². The summed E-state index contributed by atoms with van der Waals surface area (Å²) in [6.45, 7) is 4.74. The molecule has 0 fully saturated rings. The first kappa shape index (κ1) is 20.6. The number of unbranched alkanes of at least 4 members (excludes halogenated alkanes) is 1. The molecule has 0 aliphatic rings. The molecule has 9 heteroatoms. The number of anilines is 3. The molecule has 146 valence electrons. The molecule has 1 aromatic carbocycles. The number of nitrogens with zero attached hydrogens (tertiary/aromatic N) is 2. The van der Waals surface area contributed by atoms with Crippen LogP contribution in [0.3, 0.4) is 0 Å². The summed E-state index contributed by atoms with van der Waals surface area (Å²) in [4.78, 5) is 20.8. The Kier molecular flexibility index (Phi) is 6.73. The third-order valence-corrected chi connectivity index (χ3v) is 4.99. The Morgan fingerprint density at radius 3 is 2.52 bits per heavy atom. The van der Waals surface area contributed by atoms with Gasteiger partial charge in [0.1, 0.15) is 5.82 Å². The number of rotatable bonds is 9. The van der Waals surface area contributed by atoms with Gasteiger partial charge in [0.15, 0.2) is 21.3 Å². The second-order valence-corrected chi connectivity index (χ2v) is 8.15. The summed E-state index contributed by atoms with van der Waals surface area (Å²) in [7, 11) is -3.36. The molecule has 0 saturated heterocycles. The first-order valence-corrected chi connectivity index (χ1v) is 10.7. The van der Waals surface area contributed by atoms with E-state index in [1.807, 2.05) is 6.92 Å². The molecule has 1 amide bonds. The maximum absolute atomic E-state index is 11.8. The van der Waals surface area contributed by atoms with Crippen LogP contribution >= 0.6 is 0 Å². The molecule has 0 aliphatic heterocycles. The maximum Gasteiger partial charge on any atom is 0.271 e. The molecule has 0 unspecified atom stereocenters. The van der Waals surface area contributed by atoms with Crippen LogP contribution in [0.2, 0.25) is 0 Å². The van der Waals surface area contributed by atoms with Crippen LogP contribution in [-0.2, 0) is 16.3 Å². The highest BCUT2D eigenvalue weighted by Crippen LogP contribution is 2.24. The highest BCUT2D eigenvalue weighted by molar-refractivity contribution is 7.90. The molecule has 2 aromatic rings. The summed E-state index contributed by atoms with van der Waals surface area (Å²) in [6.07, 6.45) is 3.73. The molecule has 1 aromatic heterocycles. The van der Waals surface area contributed by atoms with Gasteiger partial charge in [0.05, 0.1) is 10.6 Å². The molecule has 27 heavy (non-hydrogen) atoms. The molecule has 0 aliphatic carbocycles. The predicted octanol–water partition coefficient (Wildman–Crippen LogP) is 2.50. The third kappa shape index (κ3) is 5.40. The van der Waals surface area contributed by atoms with Crippen LogP contribution in [0, 0.1) is 0 Å². The van der Waals surface area contributed by atoms with E-state index in [1.54, 1.807) is 12.1 Å². The van der Waals surface area contributed by atoms with Gasteiger partial charge < -0.3 is 16.4 Å². The van der Waals surface area contributed by atoms with Crippen LogP contribution in [0.5, 0.6) is 0 Å². The number of aromatic nitrogens is 2. The lowest BCUT2D eigenvalue weighted by atomic mass is 10.2. The van der Waals surface area contributed by atoms with Crippen molar-refractivity contribution >= 4 is 33.1 Å². The van der Waals surface area contributed by atoms with Crippen molar-refractivity contribution in [2.24, 2.45) is 5.73 Å².